The average Bonchev–Trinajstić information content (AvgIpc) is 3.16. The normalized spacial score (nSPS) is 12.1. The second-order valence-corrected chi connectivity index (χ2v) is 8.72. The minimum Gasteiger partial charge on any atom is -0.378 e. The number of hydrogen-bond donors (Lipinski definition) is 1. The van der Waals surface area contributed by atoms with E-state index in [0.29, 0.717) is 15.9 Å². The van der Waals surface area contributed by atoms with Gasteiger partial charge in [0.2, 0.25) is 0 Å². The molecule has 0 saturated carbocycles. The summed E-state index contributed by atoms with van der Waals surface area (Å²) in [6, 6.07) is 27.7. The summed E-state index contributed by atoms with van der Waals surface area (Å²) >= 11 is 1.12. The van der Waals surface area contributed by atoms with Crippen LogP contribution in [0.4, 0.5) is 11.4 Å². The minimum atomic E-state index is -0.568. The molecule has 168 valence electrons. The Morgan fingerprint density at radius 1 is 0.971 bits per heavy atom. The van der Waals surface area contributed by atoms with Crippen molar-refractivity contribution in [1.82, 2.24) is 4.57 Å². The molecule has 6 nitrogen and oxygen atoms in total. The Labute approximate surface area is 201 Å². The fourth-order valence-electron chi connectivity index (χ4n) is 3.39. The van der Waals surface area contributed by atoms with E-state index in [2.05, 4.69) is 5.32 Å². The molecule has 7 heteroatoms. The van der Waals surface area contributed by atoms with E-state index < -0.39 is 5.91 Å². The van der Waals surface area contributed by atoms with Crippen LogP contribution in [0.1, 0.15) is 5.56 Å². The maximum absolute atomic E-state index is 13.5. The summed E-state index contributed by atoms with van der Waals surface area (Å²) in [5.74, 6) is -0.568. The molecule has 0 bridgehead atoms. The second-order valence-electron chi connectivity index (χ2n) is 7.68. The molecular formula is C27H22N4O2S. The van der Waals surface area contributed by atoms with Crippen molar-refractivity contribution in [3.8, 4) is 11.8 Å². The van der Waals surface area contributed by atoms with Crippen molar-refractivity contribution in [2.75, 3.05) is 24.3 Å². The van der Waals surface area contributed by atoms with E-state index in [-0.39, 0.29) is 15.8 Å². The van der Waals surface area contributed by atoms with Crippen LogP contribution in [0.2, 0.25) is 0 Å². The first-order chi connectivity index (χ1) is 16.5. The maximum atomic E-state index is 13.5. The molecule has 4 rings (SSSR count). The van der Waals surface area contributed by atoms with Crippen molar-refractivity contribution in [1.29, 1.82) is 5.26 Å². The van der Waals surface area contributed by atoms with Crippen LogP contribution in [0.15, 0.2) is 89.7 Å². The van der Waals surface area contributed by atoms with Crippen molar-refractivity contribution in [2.24, 2.45) is 0 Å². The Kier molecular flexibility index (Phi) is 6.72. The number of rotatable bonds is 5. The molecule has 0 fully saturated rings. The molecule has 1 heterocycles. The SMILES string of the molecule is CN(C)c1ccc(/C=c2\s/c(=C(/C#N)C(=O)Nc3ccccc3)n(-c3ccccc3)c2=O)cc1. The van der Waals surface area contributed by atoms with Crippen molar-refractivity contribution in [3.63, 3.8) is 0 Å². The monoisotopic (exact) mass is 466 g/mol. The van der Waals surface area contributed by atoms with Crippen LogP contribution in [-0.4, -0.2) is 24.6 Å². The summed E-state index contributed by atoms with van der Waals surface area (Å²) in [7, 11) is 3.92. The number of carbonyl (C=O) groups excluding carboxylic acids is 1. The van der Waals surface area contributed by atoms with Gasteiger partial charge in [0.1, 0.15) is 10.7 Å². The lowest BCUT2D eigenvalue weighted by molar-refractivity contribution is -0.111. The summed E-state index contributed by atoms with van der Waals surface area (Å²) in [4.78, 5) is 28.5. The number of hydrogen-bond acceptors (Lipinski definition) is 5. The molecule has 3 aromatic carbocycles. The molecule has 0 aliphatic carbocycles. The highest BCUT2D eigenvalue weighted by molar-refractivity contribution is 7.07. The quantitative estimate of drug-likeness (QED) is 0.490. The van der Waals surface area contributed by atoms with Crippen LogP contribution < -0.4 is 25.0 Å². The van der Waals surface area contributed by atoms with Gasteiger partial charge in [-0.1, -0.05) is 48.5 Å². The molecule has 1 amide bonds. The van der Waals surface area contributed by atoms with Gasteiger partial charge in [0.15, 0.2) is 5.57 Å². The molecular weight excluding hydrogens is 444 g/mol. The smallest absolute Gasteiger partial charge is 0.273 e. The van der Waals surface area contributed by atoms with E-state index in [0.717, 1.165) is 22.6 Å². The second kappa shape index (κ2) is 10.0. The topological polar surface area (TPSA) is 78.1 Å². The van der Waals surface area contributed by atoms with Gasteiger partial charge in [-0.05, 0) is 48.0 Å². The highest BCUT2D eigenvalue weighted by Crippen LogP contribution is 2.13. The summed E-state index contributed by atoms with van der Waals surface area (Å²) < 4.78 is 2.13. The van der Waals surface area contributed by atoms with E-state index in [1.807, 2.05) is 73.6 Å². The van der Waals surface area contributed by atoms with E-state index in [9.17, 15) is 14.9 Å². The molecule has 0 aliphatic heterocycles. The first-order valence-electron chi connectivity index (χ1n) is 10.5. The summed E-state index contributed by atoms with van der Waals surface area (Å²) in [5.41, 5.74) is 2.63. The highest BCUT2D eigenvalue weighted by atomic mass is 32.1. The number of aromatic nitrogens is 1. The van der Waals surface area contributed by atoms with Crippen LogP contribution >= 0.6 is 11.3 Å². The number of amides is 1. The molecule has 0 spiro atoms. The fourth-order valence-corrected chi connectivity index (χ4v) is 4.49. The van der Waals surface area contributed by atoms with Gasteiger partial charge in [-0.25, -0.2) is 0 Å². The minimum absolute atomic E-state index is 0.127. The predicted octanol–water partition coefficient (Wildman–Crippen LogP) is 3.11. The number of benzene rings is 3. The van der Waals surface area contributed by atoms with Crippen LogP contribution in [0.5, 0.6) is 0 Å². The Bertz CT molecular complexity index is 1530. The van der Waals surface area contributed by atoms with Crippen LogP contribution in [0.3, 0.4) is 0 Å². The lowest BCUT2D eigenvalue weighted by atomic mass is 10.2. The predicted molar refractivity (Wildman–Crippen MR) is 138 cm³/mol. The zero-order chi connectivity index (χ0) is 24.1. The highest BCUT2D eigenvalue weighted by Gasteiger charge is 2.17. The molecule has 1 aromatic heterocycles. The van der Waals surface area contributed by atoms with Crippen molar-refractivity contribution >= 4 is 40.3 Å². The Morgan fingerprint density at radius 2 is 1.59 bits per heavy atom. The van der Waals surface area contributed by atoms with Crippen LogP contribution in [-0.2, 0) is 4.79 Å². The van der Waals surface area contributed by atoms with Gasteiger partial charge in [0.05, 0.1) is 10.2 Å². The number of nitriles is 1. The third-order valence-electron chi connectivity index (χ3n) is 5.13. The van der Waals surface area contributed by atoms with Crippen LogP contribution in [0, 0.1) is 11.3 Å². The Hall–Kier alpha value is -4.41. The zero-order valence-corrected chi connectivity index (χ0v) is 19.5. The number of nitrogens with zero attached hydrogens (tertiary/aromatic N) is 3. The number of thiazole rings is 1. The lowest BCUT2D eigenvalue weighted by Gasteiger charge is -2.11. The first kappa shape index (κ1) is 22.8. The van der Waals surface area contributed by atoms with Gasteiger partial charge < -0.3 is 10.2 Å². The maximum Gasteiger partial charge on any atom is 0.273 e. The molecule has 0 unspecified atom stereocenters. The molecule has 1 N–H and O–H groups in total. The van der Waals surface area contributed by atoms with E-state index in [1.165, 1.54) is 4.57 Å². The van der Waals surface area contributed by atoms with Gasteiger partial charge in [0.25, 0.3) is 11.5 Å². The number of para-hydroxylation sites is 2. The van der Waals surface area contributed by atoms with Gasteiger partial charge in [-0.2, -0.15) is 5.26 Å². The molecule has 0 radical (unpaired) electrons. The van der Waals surface area contributed by atoms with E-state index in [4.69, 9.17) is 0 Å². The van der Waals surface area contributed by atoms with Crippen molar-refractivity contribution in [3.05, 3.63) is 110 Å². The molecule has 0 atom stereocenters. The van der Waals surface area contributed by atoms with Gasteiger partial charge in [-0.15, -0.1) is 11.3 Å². The molecule has 0 aliphatic rings. The van der Waals surface area contributed by atoms with Crippen molar-refractivity contribution in [2.45, 2.75) is 0 Å². The van der Waals surface area contributed by atoms with Crippen LogP contribution in [0.25, 0.3) is 17.3 Å². The number of anilines is 2. The standard InChI is InChI=1S/C27H22N4O2S/c1-30(2)21-15-13-19(14-16-21)17-24-26(33)31(22-11-7-4-8-12-22)27(34-24)23(18-28)25(32)29-20-9-5-3-6-10-20/h3-17H,1-2H3,(H,29,32)/b24-17-,27-23-. The summed E-state index contributed by atoms with van der Waals surface area (Å²) in [6.07, 6.45) is 1.78. The van der Waals surface area contributed by atoms with Gasteiger partial charge >= 0.3 is 0 Å². The van der Waals surface area contributed by atoms with Crippen molar-refractivity contribution < 1.29 is 4.79 Å². The molecule has 34 heavy (non-hydrogen) atoms. The van der Waals surface area contributed by atoms with E-state index in [1.54, 1.807) is 42.5 Å². The third-order valence-corrected chi connectivity index (χ3v) is 6.22. The molecule has 4 aromatic rings. The molecule has 0 saturated heterocycles. The lowest BCUT2D eigenvalue weighted by Crippen LogP contribution is -2.32. The number of carbonyl (C=O) groups is 1. The summed E-state index contributed by atoms with van der Waals surface area (Å²) in [5, 5.41) is 12.6. The Morgan fingerprint density at radius 3 is 2.18 bits per heavy atom. The van der Waals surface area contributed by atoms with Gasteiger partial charge in [-0.3, -0.25) is 14.2 Å². The third kappa shape index (κ3) is 4.82. The average molecular weight is 467 g/mol. The fraction of sp³-hybridized carbons (Fsp3) is 0.0741. The van der Waals surface area contributed by atoms with Gasteiger partial charge in [0, 0.05) is 25.5 Å². The largest absolute Gasteiger partial charge is 0.378 e. The number of nitrogens with one attached hydrogen (secondary N) is 1. The first-order valence-corrected chi connectivity index (χ1v) is 11.4. The summed E-state index contributed by atoms with van der Waals surface area (Å²) in [6.45, 7) is 0. The Balaban J connectivity index is 1.92. The zero-order valence-electron chi connectivity index (χ0n) is 18.7. The van der Waals surface area contributed by atoms with E-state index >= 15 is 0 Å².